The van der Waals surface area contributed by atoms with Gasteiger partial charge in [0, 0.05) is 30.2 Å². The van der Waals surface area contributed by atoms with E-state index in [4.69, 9.17) is 4.74 Å². The molecule has 28 heavy (non-hydrogen) atoms. The summed E-state index contributed by atoms with van der Waals surface area (Å²) in [6.45, 7) is 1.30. The number of carbonyl (C=O) groups excluding carboxylic acids is 2. The highest BCUT2D eigenvalue weighted by Gasteiger charge is 2.28. The lowest BCUT2D eigenvalue weighted by atomic mass is 10.2. The van der Waals surface area contributed by atoms with Crippen LogP contribution in [0.5, 0.6) is 5.75 Å². The lowest BCUT2D eigenvalue weighted by molar-refractivity contribution is -0.143. The Hall–Kier alpha value is -2.48. The maximum Gasteiger partial charge on any atom is 0.315 e. The molecule has 2 amide bonds. The van der Waals surface area contributed by atoms with E-state index in [0.29, 0.717) is 18.9 Å². The second-order valence-electron chi connectivity index (χ2n) is 7.04. The normalized spacial score (nSPS) is 16.4. The molecular formula is C20H24N4O3S. The molecule has 148 valence electrons. The molecular weight excluding hydrogens is 376 g/mol. The molecule has 2 aromatic rings. The number of aromatic nitrogens is 2. The van der Waals surface area contributed by atoms with Crippen LogP contribution in [0, 0.1) is 0 Å². The Labute approximate surface area is 168 Å². The van der Waals surface area contributed by atoms with Crippen LogP contribution in [0.1, 0.15) is 36.9 Å². The number of hydrogen-bond donors (Lipinski definition) is 1. The molecule has 7 nitrogen and oxygen atoms in total. The van der Waals surface area contributed by atoms with E-state index in [-0.39, 0.29) is 0 Å². The number of anilines is 1. The summed E-state index contributed by atoms with van der Waals surface area (Å²) in [5.41, 5.74) is 2.77. The van der Waals surface area contributed by atoms with Crippen LogP contribution in [0.15, 0.2) is 24.3 Å². The van der Waals surface area contributed by atoms with Crippen molar-refractivity contribution in [1.82, 2.24) is 14.7 Å². The van der Waals surface area contributed by atoms with Gasteiger partial charge in [-0.1, -0.05) is 12.8 Å². The molecule has 0 bridgehead atoms. The fraction of sp³-hybridized carbons (Fsp3) is 0.450. The highest BCUT2D eigenvalue weighted by atomic mass is 32.2. The van der Waals surface area contributed by atoms with E-state index in [0.717, 1.165) is 59.9 Å². The van der Waals surface area contributed by atoms with Crippen LogP contribution in [-0.4, -0.2) is 46.7 Å². The van der Waals surface area contributed by atoms with Gasteiger partial charge in [0.2, 0.25) is 0 Å². The molecule has 0 atom stereocenters. The average Bonchev–Trinajstić information content (AvgIpc) is 3.19. The molecule has 0 saturated carbocycles. The van der Waals surface area contributed by atoms with E-state index >= 15 is 0 Å². The Morgan fingerprint density at radius 2 is 1.79 bits per heavy atom. The fourth-order valence-electron chi connectivity index (χ4n) is 3.63. The fourth-order valence-corrected chi connectivity index (χ4v) is 4.66. The zero-order valence-electron chi connectivity index (χ0n) is 15.9. The Kier molecular flexibility index (Phi) is 5.57. The van der Waals surface area contributed by atoms with Crippen LogP contribution in [0.4, 0.5) is 5.82 Å². The topological polar surface area (TPSA) is 76.5 Å². The van der Waals surface area contributed by atoms with Gasteiger partial charge in [-0.25, -0.2) is 4.68 Å². The van der Waals surface area contributed by atoms with E-state index in [2.05, 4.69) is 10.4 Å². The summed E-state index contributed by atoms with van der Waals surface area (Å²) in [7, 11) is 1.62. The molecule has 1 fully saturated rings. The summed E-state index contributed by atoms with van der Waals surface area (Å²) in [6.07, 6.45) is 4.13. The molecule has 1 saturated heterocycles. The van der Waals surface area contributed by atoms with E-state index in [9.17, 15) is 9.59 Å². The van der Waals surface area contributed by atoms with Gasteiger partial charge in [-0.15, -0.1) is 0 Å². The van der Waals surface area contributed by atoms with E-state index < -0.39 is 11.8 Å². The molecule has 3 heterocycles. The highest BCUT2D eigenvalue weighted by molar-refractivity contribution is 7.98. The molecule has 2 aliphatic heterocycles. The number of thioether (sulfide) groups is 1. The van der Waals surface area contributed by atoms with Crippen molar-refractivity contribution in [3.05, 3.63) is 35.5 Å². The predicted octanol–water partition coefficient (Wildman–Crippen LogP) is 2.97. The SMILES string of the molecule is COc1ccc(-n2nc3c(c2NC(=O)C(=O)N2CCCCCC2)CSC3)cc1. The van der Waals surface area contributed by atoms with Gasteiger partial charge in [-0.3, -0.25) is 9.59 Å². The molecule has 1 N–H and O–H groups in total. The van der Waals surface area contributed by atoms with Gasteiger partial charge in [-0.2, -0.15) is 16.9 Å². The molecule has 1 aromatic carbocycles. The molecule has 0 unspecified atom stereocenters. The summed E-state index contributed by atoms with van der Waals surface area (Å²) < 4.78 is 6.94. The van der Waals surface area contributed by atoms with Crippen molar-refractivity contribution < 1.29 is 14.3 Å². The van der Waals surface area contributed by atoms with Gasteiger partial charge in [-0.05, 0) is 37.1 Å². The number of hydrogen-bond acceptors (Lipinski definition) is 5. The Morgan fingerprint density at radius 1 is 1.07 bits per heavy atom. The molecule has 4 rings (SSSR count). The van der Waals surface area contributed by atoms with Crippen molar-refractivity contribution in [2.24, 2.45) is 0 Å². The van der Waals surface area contributed by atoms with Gasteiger partial charge in [0.05, 0.1) is 18.5 Å². The van der Waals surface area contributed by atoms with Crippen molar-refractivity contribution in [1.29, 1.82) is 0 Å². The van der Waals surface area contributed by atoms with Crippen LogP contribution in [0.2, 0.25) is 0 Å². The van der Waals surface area contributed by atoms with Crippen molar-refractivity contribution in [2.75, 3.05) is 25.5 Å². The number of benzene rings is 1. The second-order valence-corrected chi connectivity index (χ2v) is 8.02. The summed E-state index contributed by atoms with van der Waals surface area (Å²) in [5, 5.41) is 7.53. The number of nitrogens with zero attached hydrogens (tertiary/aromatic N) is 3. The van der Waals surface area contributed by atoms with Gasteiger partial charge >= 0.3 is 11.8 Å². The third-order valence-electron chi connectivity index (χ3n) is 5.19. The Bertz CT molecular complexity index is 870. The zero-order valence-corrected chi connectivity index (χ0v) is 16.8. The molecule has 8 heteroatoms. The van der Waals surface area contributed by atoms with Gasteiger partial charge in [0.1, 0.15) is 11.6 Å². The molecule has 2 aliphatic rings. The largest absolute Gasteiger partial charge is 0.497 e. The number of likely N-dealkylation sites (tertiary alicyclic amines) is 1. The maximum absolute atomic E-state index is 12.7. The molecule has 1 aromatic heterocycles. The van der Waals surface area contributed by atoms with Crippen LogP contribution >= 0.6 is 11.8 Å². The van der Waals surface area contributed by atoms with E-state index in [1.54, 1.807) is 28.5 Å². The van der Waals surface area contributed by atoms with Gasteiger partial charge in [0.25, 0.3) is 0 Å². The van der Waals surface area contributed by atoms with Crippen LogP contribution in [0.3, 0.4) is 0 Å². The Morgan fingerprint density at radius 3 is 2.46 bits per heavy atom. The standard InChI is InChI=1S/C20H24N4O3S/c1-27-15-8-6-14(7-9-15)24-18(16-12-28-13-17(16)22-24)21-19(25)20(26)23-10-4-2-3-5-11-23/h6-9H,2-5,10-13H2,1H3,(H,21,25). The highest BCUT2D eigenvalue weighted by Crippen LogP contribution is 2.36. The average molecular weight is 401 g/mol. The van der Waals surface area contributed by atoms with Gasteiger partial charge < -0.3 is 15.0 Å². The van der Waals surface area contributed by atoms with Crippen LogP contribution in [-0.2, 0) is 21.1 Å². The first-order valence-corrected chi connectivity index (χ1v) is 10.8. The maximum atomic E-state index is 12.7. The lowest BCUT2D eigenvalue weighted by Gasteiger charge is -2.20. The summed E-state index contributed by atoms with van der Waals surface area (Å²) >= 11 is 1.76. The van der Waals surface area contributed by atoms with Crippen molar-refractivity contribution in [2.45, 2.75) is 37.2 Å². The summed E-state index contributed by atoms with van der Waals surface area (Å²) in [4.78, 5) is 27.1. The first-order chi connectivity index (χ1) is 13.7. The van der Waals surface area contributed by atoms with Gasteiger partial charge in [0.15, 0.2) is 0 Å². The number of methoxy groups -OCH3 is 1. The third kappa shape index (κ3) is 3.73. The minimum absolute atomic E-state index is 0.455. The number of ether oxygens (including phenoxy) is 1. The number of rotatable bonds is 3. The quantitative estimate of drug-likeness (QED) is 0.802. The third-order valence-corrected chi connectivity index (χ3v) is 6.16. The van der Waals surface area contributed by atoms with Crippen molar-refractivity contribution in [3.63, 3.8) is 0 Å². The van der Waals surface area contributed by atoms with Crippen molar-refractivity contribution >= 4 is 29.4 Å². The molecule has 0 radical (unpaired) electrons. The zero-order chi connectivity index (χ0) is 19.5. The van der Waals surface area contributed by atoms with Crippen molar-refractivity contribution in [3.8, 4) is 11.4 Å². The number of fused-ring (bicyclic) bond motifs is 1. The van der Waals surface area contributed by atoms with E-state index in [1.165, 1.54) is 0 Å². The Balaban J connectivity index is 1.59. The van der Waals surface area contributed by atoms with Crippen LogP contribution < -0.4 is 10.1 Å². The predicted molar refractivity (Wildman–Crippen MR) is 109 cm³/mol. The number of carbonyl (C=O) groups is 2. The number of amides is 2. The first kappa shape index (κ1) is 18.9. The first-order valence-electron chi connectivity index (χ1n) is 9.60. The molecule has 0 aliphatic carbocycles. The second kappa shape index (κ2) is 8.26. The summed E-state index contributed by atoms with van der Waals surface area (Å²) in [5.74, 6) is 1.89. The molecule has 0 spiro atoms. The summed E-state index contributed by atoms with van der Waals surface area (Å²) in [6, 6.07) is 7.48. The number of nitrogens with one attached hydrogen (secondary N) is 1. The van der Waals surface area contributed by atoms with Crippen LogP contribution in [0.25, 0.3) is 5.69 Å². The smallest absolute Gasteiger partial charge is 0.315 e. The monoisotopic (exact) mass is 400 g/mol. The minimum atomic E-state index is -0.587. The van der Waals surface area contributed by atoms with E-state index in [1.807, 2.05) is 24.3 Å². The lowest BCUT2D eigenvalue weighted by Crippen LogP contribution is -2.40. The minimum Gasteiger partial charge on any atom is -0.497 e.